The zero-order valence-corrected chi connectivity index (χ0v) is 15.8. The number of hydrogen-bond acceptors (Lipinski definition) is 4. The van der Waals surface area contributed by atoms with Crippen LogP contribution in [0.15, 0.2) is 102 Å². The van der Waals surface area contributed by atoms with Crippen LogP contribution in [0.2, 0.25) is 0 Å². The molecule has 0 saturated carbocycles. The fourth-order valence-electron chi connectivity index (χ4n) is 3.16. The van der Waals surface area contributed by atoms with E-state index in [-0.39, 0.29) is 5.91 Å². The molecule has 5 nitrogen and oxygen atoms in total. The second kappa shape index (κ2) is 8.89. The van der Waals surface area contributed by atoms with Crippen molar-refractivity contribution >= 4 is 17.4 Å². The van der Waals surface area contributed by atoms with Crippen LogP contribution in [0.25, 0.3) is 0 Å². The number of furan rings is 1. The van der Waals surface area contributed by atoms with Crippen molar-refractivity contribution in [1.82, 2.24) is 4.98 Å². The van der Waals surface area contributed by atoms with Gasteiger partial charge in [-0.25, -0.2) is 4.98 Å². The molecule has 0 aliphatic rings. The van der Waals surface area contributed by atoms with Gasteiger partial charge in [-0.05, 0) is 35.4 Å². The minimum atomic E-state index is -0.394. The van der Waals surface area contributed by atoms with E-state index in [2.05, 4.69) is 15.6 Å². The predicted molar refractivity (Wildman–Crippen MR) is 114 cm³/mol. The molecule has 2 aromatic carbocycles. The summed E-state index contributed by atoms with van der Waals surface area (Å²) >= 11 is 0. The number of carbonyl (C=O) groups excluding carboxylic acids is 1. The van der Waals surface area contributed by atoms with Crippen molar-refractivity contribution in [3.8, 4) is 0 Å². The molecule has 0 aliphatic heterocycles. The van der Waals surface area contributed by atoms with Crippen LogP contribution < -0.4 is 10.6 Å². The Bertz CT molecular complexity index is 991. The summed E-state index contributed by atoms with van der Waals surface area (Å²) in [6, 6.07) is 27.0. The van der Waals surface area contributed by atoms with Crippen LogP contribution in [0, 0.1) is 0 Å². The summed E-state index contributed by atoms with van der Waals surface area (Å²) in [4.78, 5) is 17.5. The smallest absolute Gasteiger partial charge is 0.236 e. The van der Waals surface area contributed by atoms with Crippen LogP contribution in [0.5, 0.6) is 0 Å². The van der Waals surface area contributed by atoms with Crippen molar-refractivity contribution in [1.29, 1.82) is 0 Å². The Morgan fingerprint density at radius 3 is 2.10 bits per heavy atom. The van der Waals surface area contributed by atoms with Gasteiger partial charge in [0.2, 0.25) is 5.91 Å². The van der Waals surface area contributed by atoms with Gasteiger partial charge in [0.05, 0.1) is 30.6 Å². The number of pyridine rings is 1. The van der Waals surface area contributed by atoms with Crippen LogP contribution in [-0.4, -0.2) is 10.9 Å². The van der Waals surface area contributed by atoms with Crippen LogP contribution in [0.1, 0.15) is 22.8 Å². The minimum absolute atomic E-state index is 0.0968. The summed E-state index contributed by atoms with van der Waals surface area (Å²) in [5, 5.41) is 6.17. The number of carbonyl (C=O) groups is 1. The first-order valence-corrected chi connectivity index (χ1v) is 9.42. The first kappa shape index (κ1) is 18.5. The molecule has 0 saturated heterocycles. The monoisotopic (exact) mass is 383 g/mol. The molecule has 0 unspecified atom stereocenters. The van der Waals surface area contributed by atoms with E-state index in [0.29, 0.717) is 18.1 Å². The summed E-state index contributed by atoms with van der Waals surface area (Å²) in [6.07, 6.45) is 3.29. The van der Waals surface area contributed by atoms with Gasteiger partial charge in [-0.2, -0.15) is 0 Å². The van der Waals surface area contributed by atoms with E-state index in [1.807, 2.05) is 84.9 Å². The molecule has 0 spiro atoms. The zero-order valence-electron chi connectivity index (χ0n) is 15.8. The average molecular weight is 383 g/mol. The van der Waals surface area contributed by atoms with Crippen molar-refractivity contribution in [3.63, 3.8) is 0 Å². The lowest BCUT2D eigenvalue weighted by Crippen LogP contribution is -2.22. The van der Waals surface area contributed by atoms with E-state index in [4.69, 9.17) is 4.42 Å². The van der Waals surface area contributed by atoms with Gasteiger partial charge in [0.15, 0.2) is 0 Å². The second-order valence-corrected chi connectivity index (χ2v) is 6.61. The van der Waals surface area contributed by atoms with Crippen molar-refractivity contribution in [2.75, 3.05) is 10.6 Å². The van der Waals surface area contributed by atoms with E-state index < -0.39 is 5.92 Å². The lowest BCUT2D eigenvalue weighted by atomic mass is 9.90. The van der Waals surface area contributed by atoms with Crippen molar-refractivity contribution in [2.45, 2.75) is 12.5 Å². The average Bonchev–Trinajstić information content (AvgIpc) is 3.29. The SMILES string of the molecule is O=C(Nc1ccc(NCc2ccco2)nc1)C(c1ccccc1)c1ccccc1. The quantitative estimate of drug-likeness (QED) is 0.468. The Morgan fingerprint density at radius 1 is 0.862 bits per heavy atom. The number of nitrogens with one attached hydrogen (secondary N) is 2. The van der Waals surface area contributed by atoms with Crippen molar-refractivity contribution < 1.29 is 9.21 Å². The second-order valence-electron chi connectivity index (χ2n) is 6.61. The lowest BCUT2D eigenvalue weighted by Gasteiger charge is -2.18. The molecule has 5 heteroatoms. The van der Waals surface area contributed by atoms with Gasteiger partial charge in [0.25, 0.3) is 0 Å². The van der Waals surface area contributed by atoms with E-state index in [1.165, 1.54) is 0 Å². The molecule has 2 N–H and O–H groups in total. The van der Waals surface area contributed by atoms with Crippen LogP contribution >= 0.6 is 0 Å². The maximum Gasteiger partial charge on any atom is 0.236 e. The lowest BCUT2D eigenvalue weighted by molar-refractivity contribution is -0.116. The van der Waals surface area contributed by atoms with Gasteiger partial charge in [-0.15, -0.1) is 0 Å². The Morgan fingerprint density at radius 2 is 1.55 bits per heavy atom. The van der Waals surface area contributed by atoms with Gasteiger partial charge < -0.3 is 15.1 Å². The molecule has 2 heterocycles. The highest BCUT2D eigenvalue weighted by atomic mass is 16.3. The maximum absolute atomic E-state index is 13.1. The Hall–Kier alpha value is -3.86. The first-order chi connectivity index (χ1) is 14.3. The summed E-state index contributed by atoms with van der Waals surface area (Å²) in [7, 11) is 0. The molecule has 2 aromatic heterocycles. The zero-order chi connectivity index (χ0) is 19.9. The molecule has 0 bridgehead atoms. The third kappa shape index (κ3) is 4.71. The fourth-order valence-corrected chi connectivity index (χ4v) is 3.16. The molecule has 144 valence electrons. The summed E-state index contributed by atoms with van der Waals surface area (Å²) < 4.78 is 5.29. The topological polar surface area (TPSA) is 67.2 Å². The first-order valence-electron chi connectivity index (χ1n) is 9.42. The van der Waals surface area contributed by atoms with Gasteiger partial charge in [0.1, 0.15) is 11.6 Å². The standard InChI is InChI=1S/C24H21N3O2/c28-24(23(18-8-3-1-4-9-18)19-10-5-2-6-11-19)27-20-13-14-22(25-16-20)26-17-21-12-7-15-29-21/h1-16,23H,17H2,(H,25,26)(H,27,28). The van der Waals surface area contributed by atoms with Gasteiger partial charge in [0, 0.05) is 0 Å². The van der Waals surface area contributed by atoms with Crippen molar-refractivity contribution in [2.24, 2.45) is 0 Å². The summed E-state index contributed by atoms with van der Waals surface area (Å²) in [5.41, 5.74) is 2.54. The number of hydrogen-bond donors (Lipinski definition) is 2. The number of aromatic nitrogens is 1. The highest BCUT2D eigenvalue weighted by Gasteiger charge is 2.22. The number of amides is 1. The molecule has 29 heavy (non-hydrogen) atoms. The maximum atomic E-state index is 13.1. The number of benzene rings is 2. The van der Waals surface area contributed by atoms with Gasteiger partial charge >= 0.3 is 0 Å². The molecule has 4 aromatic rings. The molecule has 0 radical (unpaired) electrons. The van der Waals surface area contributed by atoms with E-state index in [9.17, 15) is 4.79 Å². The highest BCUT2D eigenvalue weighted by molar-refractivity contribution is 5.98. The van der Waals surface area contributed by atoms with Crippen LogP contribution in [0.4, 0.5) is 11.5 Å². The van der Waals surface area contributed by atoms with E-state index in [1.54, 1.807) is 12.5 Å². The van der Waals surface area contributed by atoms with Crippen molar-refractivity contribution in [3.05, 3.63) is 114 Å². The molecule has 0 atom stereocenters. The molecule has 0 aliphatic carbocycles. The van der Waals surface area contributed by atoms with Crippen LogP contribution in [-0.2, 0) is 11.3 Å². The van der Waals surface area contributed by atoms with E-state index in [0.717, 1.165) is 16.9 Å². The molecular formula is C24H21N3O2. The highest BCUT2D eigenvalue weighted by Crippen LogP contribution is 2.26. The molecule has 0 fully saturated rings. The third-order valence-corrected chi connectivity index (χ3v) is 4.58. The number of nitrogens with zero attached hydrogens (tertiary/aromatic N) is 1. The van der Waals surface area contributed by atoms with Crippen LogP contribution in [0.3, 0.4) is 0 Å². The van der Waals surface area contributed by atoms with Gasteiger partial charge in [-0.3, -0.25) is 4.79 Å². The summed E-state index contributed by atoms with van der Waals surface area (Å²) in [6.45, 7) is 0.551. The van der Waals surface area contributed by atoms with E-state index >= 15 is 0 Å². The number of anilines is 2. The predicted octanol–water partition coefficient (Wildman–Crippen LogP) is 5.06. The third-order valence-electron chi connectivity index (χ3n) is 4.58. The normalized spacial score (nSPS) is 10.7. The summed E-state index contributed by atoms with van der Waals surface area (Å²) in [5.74, 6) is 1.05. The largest absolute Gasteiger partial charge is 0.467 e. The number of rotatable bonds is 7. The Kier molecular flexibility index (Phi) is 5.67. The molecule has 4 rings (SSSR count). The Balaban J connectivity index is 1.47. The molecular weight excluding hydrogens is 362 g/mol. The van der Waals surface area contributed by atoms with Gasteiger partial charge in [-0.1, -0.05) is 60.7 Å². The molecule has 1 amide bonds. The fraction of sp³-hybridized carbons (Fsp3) is 0.0833. The Labute approximate surface area is 169 Å². The minimum Gasteiger partial charge on any atom is -0.467 e.